The minimum absolute atomic E-state index is 0.0684. The van der Waals surface area contributed by atoms with E-state index < -0.39 is 97.5 Å². The summed E-state index contributed by atoms with van der Waals surface area (Å²) in [5.74, 6) is -2.23. The Bertz CT molecular complexity index is 2530. The Labute approximate surface area is 644 Å². The minimum Gasteiger partial charge on any atom is -0.462 e. The lowest BCUT2D eigenvalue weighted by Crippen LogP contribution is -2.30. The average Bonchev–Trinajstić information content (AvgIpc) is 0.901. The quantitative estimate of drug-likeness (QED) is 0.0169. The van der Waals surface area contributed by atoms with Gasteiger partial charge in [0.25, 0.3) is 0 Å². The van der Waals surface area contributed by atoms with Crippen molar-refractivity contribution >= 4 is 39.5 Å². The lowest BCUT2D eigenvalue weighted by molar-refractivity contribution is -0.161. The molecule has 0 aliphatic heterocycles. The average molecular weight is 1530 g/mol. The van der Waals surface area contributed by atoms with Gasteiger partial charge in [-0.25, -0.2) is 9.13 Å². The predicted octanol–water partition coefficient (Wildman–Crippen LogP) is 24.4. The number of rotatable bonds is 77. The summed E-state index contributed by atoms with van der Waals surface area (Å²) in [6.45, 7) is 4.55. The van der Waals surface area contributed by atoms with E-state index in [9.17, 15) is 43.2 Å². The highest BCUT2D eigenvalue weighted by Crippen LogP contribution is 2.45. The van der Waals surface area contributed by atoms with E-state index in [0.717, 1.165) is 193 Å². The van der Waals surface area contributed by atoms with Crippen molar-refractivity contribution < 1.29 is 80.2 Å². The van der Waals surface area contributed by atoms with Gasteiger partial charge in [-0.1, -0.05) is 309 Å². The predicted molar refractivity (Wildman–Crippen MR) is 436 cm³/mol. The summed E-state index contributed by atoms with van der Waals surface area (Å²) in [5, 5.41) is 10.7. The summed E-state index contributed by atoms with van der Waals surface area (Å²) in [5.41, 5.74) is 0. The highest BCUT2D eigenvalue weighted by Gasteiger charge is 2.30. The molecule has 3 N–H and O–H groups in total. The second kappa shape index (κ2) is 78.3. The van der Waals surface area contributed by atoms with Gasteiger partial charge >= 0.3 is 39.5 Å². The molecule has 5 atom stereocenters. The summed E-state index contributed by atoms with van der Waals surface area (Å²) in [6.07, 6.45) is 88.5. The van der Waals surface area contributed by atoms with Gasteiger partial charge in [0.15, 0.2) is 12.2 Å². The van der Waals surface area contributed by atoms with Gasteiger partial charge in [-0.15, -0.1) is 0 Å². The third-order valence-corrected chi connectivity index (χ3v) is 19.0. The van der Waals surface area contributed by atoms with Crippen LogP contribution in [0.4, 0.5) is 0 Å². The second-order valence-electron chi connectivity index (χ2n) is 27.3. The Morgan fingerprint density at radius 3 is 0.802 bits per heavy atom. The Morgan fingerprint density at radius 1 is 0.274 bits per heavy atom. The first-order valence-corrected chi connectivity index (χ1v) is 44.4. The summed E-state index contributed by atoms with van der Waals surface area (Å²) in [6, 6.07) is 0. The number of phosphoric acid groups is 2. The van der Waals surface area contributed by atoms with Crippen LogP contribution in [-0.2, 0) is 65.4 Å². The zero-order valence-corrected chi connectivity index (χ0v) is 68.4. The molecule has 0 aromatic carbocycles. The van der Waals surface area contributed by atoms with Gasteiger partial charge in [0.1, 0.15) is 19.3 Å². The van der Waals surface area contributed by atoms with Crippen LogP contribution in [0.25, 0.3) is 0 Å². The maximum atomic E-state index is 13.1. The maximum absolute atomic E-state index is 13.1. The van der Waals surface area contributed by atoms with E-state index >= 15 is 0 Å². The van der Waals surface area contributed by atoms with Gasteiger partial charge in [-0.05, 0) is 135 Å². The Balaban J connectivity index is 5.38. The van der Waals surface area contributed by atoms with Crippen molar-refractivity contribution in [1.29, 1.82) is 0 Å². The van der Waals surface area contributed by atoms with Crippen molar-refractivity contribution in [3.05, 3.63) is 134 Å². The topological polar surface area (TPSA) is 237 Å². The lowest BCUT2D eigenvalue weighted by atomic mass is 10.0. The van der Waals surface area contributed by atoms with Gasteiger partial charge in [-0.3, -0.25) is 37.3 Å². The minimum atomic E-state index is -4.99. The smallest absolute Gasteiger partial charge is 0.462 e. The van der Waals surface area contributed by atoms with Crippen molar-refractivity contribution in [2.24, 2.45) is 0 Å². The van der Waals surface area contributed by atoms with E-state index in [2.05, 4.69) is 161 Å². The van der Waals surface area contributed by atoms with E-state index in [1.54, 1.807) is 0 Å². The number of ether oxygens (including phenoxy) is 4. The molecule has 0 spiro atoms. The SMILES string of the molecule is CC/C=C\C/C=C\C/C=C\C/C=C\C/C=C\CCCCCC(=O)OCC(COP(=O)(O)OCC(O)COP(=O)(O)OCC(COC(=O)CCCCCCCC/C=C\C/C=C\C/C=C\C/C=C\CC)OC(=O)CCCCCCCCCCCCCCCCC)OC(=O)CCCCCCC/C=C\C/C=C\CCC. The molecule has 0 aliphatic carbocycles. The van der Waals surface area contributed by atoms with E-state index in [0.29, 0.717) is 25.7 Å². The number of carbonyl (C=O) groups is 4. The van der Waals surface area contributed by atoms with E-state index in [1.165, 1.54) is 64.2 Å². The van der Waals surface area contributed by atoms with Crippen molar-refractivity contribution in [3.8, 4) is 0 Å². The first kappa shape index (κ1) is 101. The molecule has 0 aromatic rings. The molecule has 0 fully saturated rings. The summed E-state index contributed by atoms with van der Waals surface area (Å²) < 4.78 is 68.7. The van der Waals surface area contributed by atoms with Crippen LogP contribution in [0.2, 0.25) is 0 Å². The van der Waals surface area contributed by atoms with Crippen LogP contribution >= 0.6 is 15.6 Å². The van der Waals surface area contributed by atoms with Crippen molar-refractivity contribution in [2.75, 3.05) is 39.6 Å². The first-order valence-electron chi connectivity index (χ1n) is 41.4. The summed E-state index contributed by atoms with van der Waals surface area (Å²) >= 11 is 0. The Kier molecular flexibility index (Phi) is 74.8. The number of phosphoric ester groups is 2. The summed E-state index contributed by atoms with van der Waals surface area (Å²) in [4.78, 5) is 73.1. The largest absolute Gasteiger partial charge is 0.472 e. The molecule has 0 aromatic heterocycles. The van der Waals surface area contributed by atoms with Crippen LogP contribution in [0, 0.1) is 0 Å². The molecule has 19 heteroatoms. The molecule has 0 radical (unpaired) electrons. The molecule has 0 saturated heterocycles. The standard InChI is InChI=1S/C87H148O17P2/c1-5-9-13-17-21-25-29-33-36-38-40-42-45-48-51-55-59-63-67-71-84(89)97-77-82(103-86(91)73-69-65-61-57-53-47-32-28-24-20-16-12-8-4)79-101-105(93,94)99-75-81(88)76-100-106(95,96)102-80-83(104-87(92)74-70-66-62-58-54-50-44-35-31-27-23-19-15-11-7-3)78-98-85(90)72-68-64-60-56-52-49-46-43-41-39-37-34-30-26-22-18-14-10-6-2/h9-10,13-14,16,20-22,25-26,28,32-34,36-37,40-43,48,51,81-83,88H,5-8,11-12,15,17-19,23-24,27,29-31,35,38-39,44-47,49-50,52-80H2,1-4H3,(H,93,94)(H,95,96)/b13-9-,14-10-,20-16-,25-21-,26-22-,32-28-,36-33-,37-34-,42-40-,43-41-,51-48-. The van der Waals surface area contributed by atoms with Gasteiger partial charge in [0, 0.05) is 25.7 Å². The number of hydrogen-bond donors (Lipinski definition) is 3. The molecule has 5 unspecified atom stereocenters. The molecule has 106 heavy (non-hydrogen) atoms. The van der Waals surface area contributed by atoms with Gasteiger partial charge in [-0.2, -0.15) is 0 Å². The molecule has 0 saturated carbocycles. The monoisotopic (exact) mass is 1530 g/mol. The van der Waals surface area contributed by atoms with Gasteiger partial charge in [0.2, 0.25) is 0 Å². The number of unbranched alkanes of at least 4 members (excludes halogenated alkanes) is 29. The molecule has 0 bridgehead atoms. The van der Waals surface area contributed by atoms with Crippen LogP contribution in [0.3, 0.4) is 0 Å². The Morgan fingerprint density at radius 2 is 0.509 bits per heavy atom. The third kappa shape index (κ3) is 77.4. The fourth-order valence-corrected chi connectivity index (χ4v) is 12.4. The Hall–Kier alpha value is -4.80. The normalized spacial score (nSPS) is 14.5. The zero-order chi connectivity index (χ0) is 77.4. The molecule has 608 valence electrons. The van der Waals surface area contributed by atoms with Crippen LogP contribution < -0.4 is 0 Å². The second-order valence-corrected chi connectivity index (χ2v) is 30.2. The molecular formula is C87H148O17P2. The van der Waals surface area contributed by atoms with Crippen molar-refractivity contribution in [2.45, 2.75) is 354 Å². The summed E-state index contributed by atoms with van der Waals surface area (Å²) in [7, 11) is -9.98. The lowest BCUT2D eigenvalue weighted by Gasteiger charge is -2.21. The van der Waals surface area contributed by atoms with Crippen molar-refractivity contribution in [3.63, 3.8) is 0 Å². The fourth-order valence-electron chi connectivity index (χ4n) is 10.9. The van der Waals surface area contributed by atoms with E-state index in [-0.39, 0.29) is 25.7 Å². The van der Waals surface area contributed by atoms with E-state index in [4.69, 9.17) is 37.0 Å². The number of aliphatic hydroxyl groups excluding tert-OH is 1. The van der Waals surface area contributed by atoms with Crippen LogP contribution in [0.5, 0.6) is 0 Å². The number of carbonyl (C=O) groups excluding carboxylic acids is 4. The van der Waals surface area contributed by atoms with Crippen LogP contribution in [0.1, 0.15) is 336 Å². The van der Waals surface area contributed by atoms with Gasteiger partial charge in [0.05, 0.1) is 26.4 Å². The molecule has 0 heterocycles. The number of hydrogen-bond acceptors (Lipinski definition) is 15. The first-order chi connectivity index (χ1) is 51.7. The number of aliphatic hydroxyl groups is 1. The highest BCUT2D eigenvalue weighted by atomic mass is 31.2. The van der Waals surface area contributed by atoms with Crippen LogP contribution in [-0.4, -0.2) is 96.7 Å². The highest BCUT2D eigenvalue weighted by molar-refractivity contribution is 7.47. The molecular weight excluding hydrogens is 1380 g/mol. The van der Waals surface area contributed by atoms with E-state index in [1.807, 2.05) is 0 Å². The number of esters is 4. The number of allylic oxidation sites excluding steroid dienone is 22. The fraction of sp³-hybridized carbons (Fsp3) is 0.701. The maximum Gasteiger partial charge on any atom is 0.472 e. The van der Waals surface area contributed by atoms with Crippen molar-refractivity contribution in [1.82, 2.24) is 0 Å². The van der Waals surface area contributed by atoms with Gasteiger partial charge < -0.3 is 33.8 Å². The zero-order valence-electron chi connectivity index (χ0n) is 66.6. The van der Waals surface area contributed by atoms with Crippen LogP contribution in [0.15, 0.2) is 134 Å². The molecule has 0 rings (SSSR count). The molecule has 17 nitrogen and oxygen atoms in total. The third-order valence-electron chi connectivity index (χ3n) is 17.1. The molecule has 0 amide bonds. The molecule has 0 aliphatic rings.